The molecule has 0 aromatic carbocycles. The molecule has 2 N–H and O–H groups in total. The van der Waals surface area contributed by atoms with Crippen molar-refractivity contribution in [1.29, 1.82) is 0 Å². The first-order valence-electron chi connectivity index (χ1n) is 6.14. The molecule has 0 rings (SSSR count). The van der Waals surface area contributed by atoms with Gasteiger partial charge in [-0.1, -0.05) is 45.8 Å². The number of nitrogens with two attached hydrogens (primary N) is 1. The molecule has 0 aliphatic rings. The van der Waals surface area contributed by atoms with Gasteiger partial charge in [-0.25, -0.2) is 0 Å². The van der Waals surface area contributed by atoms with E-state index >= 15 is 0 Å². The molecule has 0 saturated heterocycles. The Kier molecular flexibility index (Phi) is 9.01. The Morgan fingerprint density at radius 2 is 1.87 bits per heavy atom. The van der Waals surface area contributed by atoms with Crippen molar-refractivity contribution in [3.63, 3.8) is 0 Å². The maximum absolute atomic E-state index is 5.49. The first-order valence-corrected chi connectivity index (χ1v) is 6.55. The number of thiocarbonyl (C=S) groups is 1. The predicted octanol–water partition coefficient (Wildman–Crippen LogP) is 2.81. The molecule has 0 aromatic rings. The quantitative estimate of drug-likeness (QED) is 0.618. The van der Waals surface area contributed by atoms with Crippen molar-refractivity contribution in [1.82, 2.24) is 4.90 Å². The zero-order valence-electron chi connectivity index (χ0n) is 10.5. The second kappa shape index (κ2) is 9.10. The first kappa shape index (κ1) is 14.8. The van der Waals surface area contributed by atoms with Crippen molar-refractivity contribution >= 4 is 17.2 Å². The van der Waals surface area contributed by atoms with E-state index in [9.17, 15) is 0 Å². The van der Waals surface area contributed by atoms with Gasteiger partial charge in [-0.2, -0.15) is 0 Å². The molecule has 0 aliphatic heterocycles. The molecular formula is C12H26N2S. The van der Waals surface area contributed by atoms with Crippen LogP contribution in [0.3, 0.4) is 0 Å². The van der Waals surface area contributed by atoms with Gasteiger partial charge in [0.25, 0.3) is 0 Å². The molecule has 0 aromatic heterocycles. The zero-order chi connectivity index (χ0) is 11.7. The van der Waals surface area contributed by atoms with E-state index < -0.39 is 0 Å². The number of hydrogen-bond donors (Lipinski definition) is 1. The van der Waals surface area contributed by atoms with Crippen molar-refractivity contribution in [2.75, 3.05) is 19.6 Å². The highest BCUT2D eigenvalue weighted by atomic mass is 32.1. The average molecular weight is 230 g/mol. The SMILES string of the molecule is CCC(CC)CN(CC)CCCC(N)=S. The van der Waals surface area contributed by atoms with E-state index in [-0.39, 0.29) is 0 Å². The Balaban J connectivity index is 3.76. The van der Waals surface area contributed by atoms with Crippen molar-refractivity contribution in [3.05, 3.63) is 0 Å². The minimum atomic E-state index is 0.647. The lowest BCUT2D eigenvalue weighted by Crippen LogP contribution is -2.30. The third-order valence-corrected chi connectivity index (χ3v) is 3.22. The van der Waals surface area contributed by atoms with Crippen LogP contribution in [-0.4, -0.2) is 29.5 Å². The smallest absolute Gasteiger partial charge is 0.0727 e. The van der Waals surface area contributed by atoms with Crippen LogP contribution in [0, 0.1) is 5.92 Å². The summed E-state index contributed by atoms with van der Waals surface area (Å²) in [5, 5.41) is 0. The molecule has 0 heterocycles. The molecule has 3 heteroatoms. The van der Waals surface area contributed by atoms with Gasteiger partial charge in [-0.15, -0.1) is 0 Å². The fourth-order valence-electron chi connectivity index (χ4n) is 1.77. The van der Waals surface area contributed by atoms with Crippen molar-refractivity contribution in [2.24, 2.45) is 11.7 Å². The lowest BCUT2D eigenvalue weighted by molar-refractivity contribution is 0.232. The van der Waals surface area contributed by atoms with Crippen LogP contribution in [-0.2, 0) is 0 Å². The van der Waals surface area contributed by atoms with E-state index in [1.54, 1.807) is 0 Å². The fourth-order valence-corrected chi connectivity index (χ4v) is 1.91. The minimum absolute atomic E-state index is 0.647. The standard InChI is InChI=1S/C12H26N2S/c1-4-11(5-2)10-14(6-3)9-7-8-12(13)15/h11H,4-10H2,1-3H3,(H2,13,15). The first-order chi connectivity index (χ1) is 7.13. The van der Waals surface area contributed by atoms with Crippen LogP contribution in [0.1, 0.15) is 46.5 Å². The average Bonchev–Trinajstić information content (AvgIpc) is 2.22. The molecule has 0 spiro atoms. The fraction of sp³-hybridized carbons (Fsp3) is 0.917. The summed E-state index contributed by atoms with van der Waals surface area (Å²) in [5.41, 5.74) is 5.49. The van der Waals surface area contributed by atoms with Crippen LogP contribution in [0.4, 0.5) is 0 Å². The summed E-state index contributed by atoms with van der Waals surface area (Å²) in [6.07, 6.45) is 4.54. The third kappa shape index (κ3) is 7.74. The van der Waals surface area contributed by atoms with Crippen LogP contribution in [0.25, 0.3) is 0 Å². The molecule has 90 valence electrons. The predicted molar refractivity (Wildman–Crippen MR) is 72.2 cm³/mol. The maximum Gasteiger partial charge on any atom is 0.0727 e. The summed E-state index contributed by atoms with van der Waals surface area (Å²) in [6, 6.07) is 0. The Morgan fingerprint density at radius 3 is 2.27 bits per heavy atom. The van der Waals surface area contributed by atoms with Gasteiger partial charge in [0.1, 0.15) is 0 Å². The summed E-state index contributed by atoms with van der Waals surface area (Å²) in [6.45, 7) is 10.3. The third-order valence-electron chi connectivity index (χ3n) is 3.02. The van der Waals surface area contributed by atoms with Crippen molar-refractivity contribution < 1.29 is 0 Å². The van der Waals surface area contributed by atoms with Gasteiger partial charge < -0.3 is 10.6 Å². The van der Waals surface area contributed by atoms with Gasteiger partial charge in [-0.05, 0) is 31.8 Å². The Bertz CT molecular complexity index is 167. The van der Waals surface area contributed by atoms with Gasteiger partial charge in [0.15, 0.2) is 0 Å². The highest BCUT2D eigenvalue weighted by Gasteiger charge is 2.09. The molecule has 0 unspecified atom stereocenters. The number of rotatable bonds is 9. The monoisotopic (exact) mass is 230 g/mol. The second-order valence-electron chi connectivity index (χ2n) is 4.15. The maximum atomic E-state index is 5.49. The zero-order valence-corrected chi connectivity index (χ0v) is 11.3. The van der Waals surface area contributed by atoms with E-state index in [1.165, 1.54) is 19.4 Å². The molecule has 0 saturated carbocycles. The van der Waals surface area contributed by atoms with Gasteiger partial charge >= 0.3 is 0 Å². The molecule has 0 atom stereocenters. The highest BCUT2D eigenvalue weighted by molar-refractivity contribution is 7.80. The summed E-state index contributed by atoms with van der Waals surface area (Å²) < 4.78 is 0. The molecule has 0 radical (unpaired) electrons. The Morgan fingerprint density at radius 1 is 1.27 bits per heavy atom. The summed E-state index contributed by atoms with van der Waals surface area (Å²) in [4.78, 5) is 3.16. The van der Waals surface area contributed by atoms with E-state index in [0.29, 0.717) is 4.99 Å². The lowest BCUT2D eigenvalue weighted by atomic mass is 10.0. The Hall–Kier alpha value is -0.150. The van der Waals surface area contributed by atoms with Crippen molar-refractivity contribution in [3.8, 4) is 0 Å². The largest absolute Gasteiger partial charge is 0.393 e. The van der Waals surface area contributed by atoms with Gasteiger partial charge in [0.2, 0.25) is 0 Å². The molecule has 0 bridgehead atoms. The second-order valence-corrected chi connectivity index (χ2v) is 4.67. The summed E-state index contributed by atoms with van der Waals surface area (Å²) in [7, 11) is 0. The normalized spacial score (nSPS) is 11.3. The highest BCUT2D eigenvalue weighted by Crippen LogP contribution is 2.10. The minimum Gasteiger partial charge on any atom is -0.393 e. The molecule has 0 fully saturated rings. The Labute approximate surface area is 100 Å². The van der Waals surface area contributed by atoms with Gasteiger partial charge in [0.05, 0.1) is 4.99 Å². The molecule has 2 nitrogen and oxygen atoms in total. The summed E-state index contributed by atoms with van der Waals surface area (Å²) in [5.74, 6) is 0.842. The van der Waals surface area contributed by atoms with E-state index in [0.717, 1.165) is 31.8 Å². The van der Waals surface area contributed by atoms with E-state index in [2.05, 4.69) is 25.7 Å². The van der Waals surface area contributed by atoms with Crippen LogP contribution in [0.5, 0.6) is 0 Å². The topological polar surface area (TPSA) is 29.3 Å². The molecule has 15 heavy (non-hydrogen) atoms. The summed E-state index contributed by atoms with van der Waals surface area (Å²) >= 11 is 4.88. The molecule has 0 amide bonds. The van der Waals surface area contributed by atoms with E-state index in [4.69, 9.17) is 18.0 Å². The van der Waals surface area contributed by atoms with Crippen LogP contribution in [0.2, 0.25) is 0 Å². The van der Waals surface area contributed by atoms with E-state index in [1.807, 2.05) is 0 Å². The van der Waals surface area contributed by atoms with Crippen LogP contribution >= 0.6 is 12.2 Å². The number of nitrogens with zero attached hydrogens (tertiary/aromatic N) is 1. The van der Waals surface area contributed by atoms with Gasteiger partial charge in [0, 0.05) is 6.54 Å². The number of hydrogen-bond acceptors (Lipinski definition) is 2. The lowest BCUT2D eigenvalue weighted by Gasteiger charge is -2.25. The molecule has 0 aliphatic carbocycles. The molecular weight excluding hydrogens is 204 g/mol. The van der Waals surface area contributed by atoms with Gasteiger partial charge in [-0.3, -0.25) is 0 Å². The van der Waals surface area contributed by atoms with Crippen LogP contribution < -0.4 is 5.73 Å². The van der Waals surface area contributed by atoms with Crippen molar-refractivity contribution in [2.45, 2.75) is 46.5 Å². The van der Waals surface area contributed by atoms with Crippen LogP contribution in [0.15, 0.2) is 0 Å².